The minimum absolute atomic E-state index is 0.163. The molecule has 0 spiro atoms. The van der Waals surface area contributed by atoms with E-state index in [1.807, 2.05) is 0 Å². The molecule has 1 heterocycles. The maximum atomic E-state index is 13.3. The molecule has 0 aliphatic carbocycles. The highest BCUT2D eigenvalue weighted by Crippen LogP contribution is 2.35. The third-order valence-corrected chi connectivity index (χ3v) is 5.28. The standard InChI is InChI=1S/C23H17ClF3N3O2/c24-18-10-3-1-8-16(18)21(31)28-15-7-5-6-14(12-15)20-29-19-11-4-2-9-17(19)22(32)30(20)13-23(25,26)27/h1-12,20,29H,13H2,(H,28,31). The highest BCUT2D eigenvalue weighted by Gasteiger charge is 2.40. The molecule has 3 aromatic carbocycles. The largest absolute Gasteiger partial charge is 0.406 e. The predicted octanol–water partition coefficient (Wildman–Crippen LogP) is 5.72. The number of alkyl halides is 3. The van der Waals surface area contributed by atoms with E-state index in [9.17, 15) is 22.8 Å². The number of nitrogens with one attached hydrogen (secondary N) is 2. The molecule has 0 saturated carbocycles. The average molecular weight is 460 g/mol. The molecule has 2 amide bonds. The van der Waals surface area contributed by atoms with Gasteiger partial charge in [-0.3, -0.25) is 9.59 Å². The average Bonchev–Trinajstić information content (AvgIpc) is 2.75. The molecule has 0 fully saturated rings. The number of fused-ring (bicyclic) bond motifs is 1. The second-order valence-corrected chi connectivity index (χ2v) is 7.61. The van der Waals surface area contributed by atoms with Crippen molar-refractivity contribution in [2.75, 3.05) is 17.2 Å². The Hall–Kier alpha value is -3.52. The third kappa shape index (κ3) is 4.55. The van der Waals surface area contributed by atoms with Crippen LogP contribution in [0.4, 0.5) is 24.5 Å². The SMILES string of the molecule is O=C(Nc1cccc(C2Nc3ccccc3C(=O)N2CC(F)(F)F)c1)c1ccccc1Cl. The van der Waals surface area contributed by atoms with E-state index in [1.165, 1.54) is 12.1 Å². The van der Waals surface area contributed by atoms with Gasteiger partial charge in [0, 0.05) is 11.4 Å². The Morgan fingerprint density at radius 1 is 1.03 bits per heavy atom. The quantitative estimate of drug-likeness (QED) is 0.524. The maximum Gasteiger partial charge on any atom is 0.406 e. The Kier molecular flexibility index (Phi) is 5.80. The molecule has 32 heavy (non-hydrogen) atoms. The minimum atomic E-state index is -4.59. The Balaban J connectivity index is 1.66. The lowest BCUT2D eigenvalue weighted by Crippen LogP contribution is -2.47. The van der Waals surface area contributed by atoms with Crippen molar-refractivity contribution in [3.63, 3.8) is 0 Å². The van der Waals surface area contributed by atoms with Crippen molar-refractivity contribution in [2.24, 2.45) is 0 Å². The van der Waals surface area contributed by atoms with Crippen LogP contribution in [0.1, 0.15) is 32.4 Å². The normalized spacial score (nSPS) is 15.7. The number of para-hydroxylation sites is 1. The summed E-state index contributed by atoms with van der Waals surface area (Å²) in [5, 5.41) is 5.98. The molecule has 0 aromatic heterocycles. The molecule has 1 aliphatic rings. The van der Waals surface area contributed by atoms with Crippen molar-refractivity contribution in [3.05, 3.63) is 94.5 Å². The summed E-state index contributed by atoms with van der Waals surface area (Å²) in [5.74, 6) is -1.19. The van der Waals surface area contributed by atoms with Gasteiger partial charge >= 0.3 is 6.18 Å². The topological polar surface area (TPSA) is 61.4 Å². The predicted molar refractivity (Wildman–Crippen MR) is 116 cm³/mol. The molecule has 9 heteroatoms. The van der Waals surface area contributed by atoms with Crippen LogP contribution in [0.25, 0.3) is 0 Å². The molecule has 3 aromatic rings. The van der Waals surface area contributed by atoms with Gasteiger partial charge < -0.3 is 15.5 Å². The Morgan fingerprint density at radius 3 is 2.50 bits per heavy atom. The van der Waals surface area contributed by atoms with Gasteiger partial charge in [0.15, 0.2) is 0 Å². The molecular formula is C23H17ClF3N3O2. The molecule has 5 nitrogen and oxygen atoms in total. The molecule has 1 atom stereocenters. The summed E-state index contributed by atoms with van der Waals surface area (Å²) in [6, 6.07) is 19.2. The van der Waals surface area contributed by atoms with Crippen LogP contribution in [0.2, 0.25) is 5.02 Å². The van der Waals surface area contributed by atoms with E-state index < -0.39 is 30.7 Å². The number of nitrogens with zero attached hydrogens (tertiary/aromatic N) is 1. The van der Waals surface area contributed by atoms with Crippen LogP contribution in [0.15, 0.2) is 72.8 Å². The zero-order valence-corrected chi connectivity index (χ0v) is 17.2. The van der Waals surface area contributed by atoms with Crippen LogP contribution < -0.4 is 10.6 Å². The number of amides is 2. The van der Waals surface area contributed by atoms with Crippen molar-refractivity contribution in [1.82, 2.24) is 4.90 Å². The lowest BCUT2D eigenvalue weighted by atomic mass is 10.0. The molecule has 0 radical (unpaired) electrons. The lowest BCUT2D eigenvalue weighted by Gasteiger charge is -2.38. The number of hydrogen-bond acceptors (Lipinski definition) is 3. The maximum absolute atomic E-state index is 13.3. The lowest BCUT2D eigenvalue weighted by molar-refractivity contribution is -0.144. The van der Waals surface area contributed by atoms with Gasteiger partial charge in [0.25, 0.3) is 11.8 Å². The number of halogens is 4. The van der Waals surface area contributed by atoms with Gasteiger partial charge in [-0.2, -0.15) is 13.2 Å². The van der Waals surface area contributed by atoms with Crippen LogP contribution in [0.3, 0.4) is 0 Å². The number of rotatable bonds is 4. The van der Waals surface area contributed by atoms with Crippen molar-refractivity contribution in [1.29, 1.82) is 0 Å². The highest BCUT2D eigenvalue weighted by atomic mass is 35.5. The molecule has 0 saturated heterocycles. The molecule has 4 rings (SSSR count). The summed E-state index contributed by atoms with van der Waals surface area (Å²) < 4.78 is 39.8. The van der Waals surface area contributed by atoms with Crippen LogP contribution in [-0.4, -0.2) is 29.4 Å². The van der Waals surface area contributed by atoms with Crippen molar-refractivity contribution in [3.8, 4) is 0 Å². The zero-order valence-electron chi connectivity index (χ0n) is 16.5. The number of anilines is 2. The molecule has 1 aliphatic heterocycles. The fraction of sp³-hybridized carbons (Fsp3) is 0.130. The van der Waals surface area contributed by atoms with Crippen molar-refractivity contribution < 1.29 is 22.8 Å². The van der Waals surface area contributed by atoms with Gasteiger partial charge in [-0.05, 0) is 42.0 Å². The Labute approximate surface area is 186 Å². The molecular weight excluding hydrogens is 443 g/mol. The number of hydrogen-bond donors (Lipinski definition) is 2. The summed E-state index contributed by atoms with van der Waals surface area (Å²) in [6.07, 6.45) is -5.66. The second kappa shape index (κ2) is 8.55. The van der Waals surface area contributed by atoms with Gasteiger partial charge in [0.2, 0.25) is 0 Å². The van der Waals surface area contributed by atoms with Crippen LogP contribution >= 0.6 is 11.6 Å². The first-order valence-electron chi connectivity index (χ1n) is 9.62. The smallest absolute Gasteiger partial charge is 0.361 e. The van der Waals surface area contributed by atoms with E-state index in [-0.39, 0.29) is 16.1 Å². The minimum Gasteiger partial charge on any atom is -0.361 e. The molecule has 0 bridgehead atoms. The van der Waals surface area contributed by atoms with Gasteiger partial charge in [0.05, 0.1) is 16.1 Å². The van der Waals surface area contributed by atoms with E-state index in [0.29, 0.717) is 16.9 Å². The Morgan fingerprint density at radius 2 is 1.75 bits per heavy atom. The first kappa shape index (κ1) is 21.7. The van der Waals surface area contributed by atoms with E-state index in [0.717, 1.165) is 4.90 Å². The van der Waals surface area contributed by atoms with Gasteiger partial charge in [-0.1, -0.05) is 48.0 Å². The third-order valence-electron chi connectivity index (χ3n) is 4.95. The number of benzene rings is 3. The van der Waals surface area contributed by atoms with Gasteiger partial charge in [0.1, 0.15) is 12.7 Å². The molecule has 1 unspecified atom stereocenters. The van der Waals surface area contributed by atoms with Gasteiger partial charge in [-0.15, -0.1) is 0 Å². The molecule has 164 valence electrons. The number of carbonyl (C=O) groups is 2. The molecule has 2 N–H and O–H groups in total. The summed E-state index contributed by atoms with van der Waals surface area (Å²) >= 11 is 6.06. The van der Waals surface area contributed by atoms with Crippen molar-refractivity contribution in [2.45, 2.75) is 12.3 Å². The zero-order chi connectivity index (χ0) is 22.9. The van der Waals surface area contributed by atoms with Crippen LogP contribution in [0, 0.1) is 0 Å². The second-order valence-electron chi connectivity index (χ2n) is 7.20. The van der Waals surface area contributed by atoms with Gasteiger partial charge in [-0.25, -0.2) is 0 Å². The first-order valence-corrected chi connectivity index (χ1v) is 10.00. The van der Waals surface area contributed by atoms with E-state index in [1.54, 1.807) is 60.7 Å². The summed E-state index contributed by atoms with van der Waals surface area (Å²) in [6.45, 7) is -1.42. The Bertz CT molecular complexity index is 1180. The fourth-order valence-corrected chi connectivity index (χ4v) is 3.76. The summed E-state index contributed by atoms with van der Waals surface area (Å²) in [5.41, 5.74) is 1.60. The van der Waals surface area contributed by atoms with E-state index in [4.69, 9.17) is 11.6 Å². The summed E-state index contributed by atoms with van der Waals surface area (Å²) in [4.78, 5) is 26.2. The van der Waals surface area contributed by atoms with E-state index >= 15 is 0 Å². The summed E-state index contributed by atoms with van der Waals surface area (Å²) in [7, 11) is 0. The first-order chi connectivity index (χ1) is 15.2. The number of carbonyl (C=O) groups excluding carboxylic acids is 2. The fourth-order valence-electron chi connectivity index (χ4n) is 3.54. The highest BCUT2D eigenvalue weighted by molar-refractivity contribution is 6.34. The monoisotopic (exact) mass is 459 g/mol. The van der Waals surface area contributed by atoms with Crippen LogP contribution in [-0.2, 0) is 0 Å². The van der Waals surface area contributed by atoms with E-state index in [2.05, 4.69) is 10.6 Å². The van der Waals surface area contributed by atoms with Crippen molar-refractivity contribution >= 4 is 34.8 Å². The van der Waals surface area contributed by atoms with Crippen LogP contribution in [0.5, 0.6) is 0 Å².